The van der Waals surface area contributed by atoms with Gasteiger partial charge in [-0.15, -0.1) is 11.8 Å². The number of halogens is 2. The van der Waals surface area contributed by atoms with Crippen LogP contribution in [0.2, 0.25) is 10.0 Å². The molecule has 2 nitrogen and oxygen atoms in total. The van der Waals surface area contributed by atoms with Gasteiger partial charge in [-0.1, -0.05) is 23.2 Å². The van der Waals surface area contributed by atoms with Gasteiger partial charge in [0.25, 0.3) is 0 Å². The van der Waals surface area contributed by atoms with Gasteiger partial charge in [0.1, 0.15) is 5.75 Å². The van der Waals surface area contributed by atoms with Gasteiger partial charge in [0, 0.05) is 15.5 Å². The number of thioether (sulfide) groups is 1. The summed E-state index contributed by atoms with van der Waals surface area (Å²) < 4.78 is 5.11. The van der Waals surface area contributed by atoms with Crippen molar-refractivity contribution in [2.45, 2.75) is 17.1 Å². The number of carbonyl (C=O) groups is 1. The lowest BCUT2D eigenvalue weighted by Gasteiger charge is -2.12. The van der Waals surface area contributed by atoms with Crippen LogP contribution in [-0.4, -0.2) is 18.1 Å². The summed E-state index contributed by atoms with van der Waals surface area (Å²) in [6.45, 7) is 1.86. The van der Waals surface area contributed by atoms with Gasteiger partial charge in [-0.25, -0.2) is 0 Å². The lowest BCUT2D eigenvalue weighted by Crippen LogP contribution is -2.13. The average Bonchev–Trinajstić information content (AvgIpc) is 2.47. The molecule has 0 spiro atoms. The summed E-state index contributed by atoms with van der Waals surface area (Å²) in [6.07, 6.45) is 0. The van der Waals surface area contributed by atoms with Crippen LogP contribution < -0.4 is 4.74 Å². The Bertz CT molecular complexity index is 641. The van der Waals surface area contributed by atoms with Crippen molar-refractivity contribution in [1.29, 1.82) is 0 Å². The third-order valence-corrected chi connectivity index (χ3v) is 4.60. The fraction of sp³-hybridized carbons (Fsp3) is 0.188. The Labute approximate surface area is 138 Å². The highest BCUT2D eigenvalue weighted by molar-refractivity contribution is 8.00. The summed E-state index contributed by atoms with van der Waals surface area (Å²) in [5.41, 5.74) is 0.495. The molecule has 0 amide bonds. The van der Waals surface area contributed by atoms with Crippen molar-refractivity contribution in [2.75, 3.05) is 7.11 Å². The molecule has 21 heavy (non-hydrogen) atoms. The van der Waals surface area contributed by atoms with E-state index in [0.717, 1.165) is 10.6 Å². The van der Waals surface area contributed by atoms with E-state index in [9.17, 15) is 4.79 Å². The molecule has 0 bridgehead atoms. The second-order valence-corrected chi connectivity index (χ2v) is 6.68. The van der Waals surface area contributed by atoms with Crippen molar-refractivity contribution in [3.05, 3.63) is 58.1 Å². The Morgan fingerprint density at radius 2 is 1.81 bits per heavy atom. The maximum Gasteiger partial charge on any atom is 0.177 e. The lowest BCUT2D eigenvalue weighted by molar-refractivity contribution is 0.0994. The maximum absolute atomic E-state index is 12.4. The van der Waals surface area contributed by atoms with E-state index in [1.807, 2.05) is 31.2 Å². The van der Waals surface area contributed by atoms with Crippen LogP contribution in [0.1, 0.15) is 17.3 Å². The first kappa shape index (κ1) is 16.2. The van der Waals surface area contributed by atoms with Crippen molar-refractivity contribution in [2.24, 2.45) is 0 Å². The quantitative estimate of drug-likeness (QED) is 0.540. The van der Waals surface area contributed by atoms with E-state index >= 15 is 0 Å². The minimum Gasteiger partial charge on any atom is -0.497 e. The van der Waals surface area contributed by atoms with E-state index < -0.39 is 0 Å². The van der Waals surface area contributed by atoms with E-state index in [-0.39, 0.29) is 11.0 Å². The molecule has 5 heteroatoms. The zero-order valence-corrected chi connectivity index (χ0v) is 13.9. The molecular formula is C16H14Cl2O2S. The van der Waals surface area contributed by atoms with Crippen LogP contribution in [0.3, 0.4) is 0 Å². The van der Waals surface area contributed by atoms with Crippen LogP contribution in [-0.2, 0) is 0 Å². The minimum absolute atomic E-state index is 0.0162. The van der Waals surface area contributed by atoms with Gasteiger partial charge in [0.15, 0.2) is 5.78 Å². The number of hydrogen-bond donors (Lipinski definition) is 0. The molecule has 0 heterocycles. The molecule has 0 fully saturated rings. The van der Waals surface area contributed by atoms with Gasteiger partial charge in [-0.05, 0) is 49.4 Å². The summed E-state index contributed by atoms with van der Waals surface area (Å²) in [6, 6.07) is 12.5. The molecule has 1 unspecified atom stereocenters. The van der Waals surface area contributed by atoms with Crippen molar-refractivity contribution < 1.29 is 9.53 Å². The fourth-order valence-corrected chi connectivity index (χ4v) is 3.26. The third kappa shape index (κ3) is 4.16. The number of benzene rings is 2. The predicted molar refractivity (Wildman–Crippen MR) is 89.1 cm³/mol. The molecule has 2 aromatic rings. The zero-order valence-electron chi connectivity index (χ0n) is 11.6. The number of carbonyl (C=O) groups excluding carboxylic acids is 1. The largest absolute Gasteiger partial charge is 0.497 e. The van der Waals surface area contributed by atoms with Gasteiger partial charge in [0.05, 0.1) is 17.4 Å². The number of Topliss-reactive ketones (excluding diaryl/α,β-unsaturated/α-hetero) is 1. The van der Waals surface area contributed by atoms with E-state index in [0.29, 0.717) is 15.6 Å². The first-order valence-electron chi connectivity index (χ1n) is 6.31. The Kier molecular flexibility index (Phi) is 5.57. The number of hydrogen-bond acceptors (Lipinski definition) is 3. The van der Waals surface area contributed by atoms with Crippen molar-refractivity contribution >= 4 is 40.7 Å². The highest BCUT2D eigenvalue weighted by Crippen LogP contribution is 2.30. The summed E-state index contributed by atoms with van der Waals surface area (Å²) >= 11 is 13.4. The molecule has 0 aliphatic rings. The lowest BCUT2D eigenvalue weighted by atomic mass is 10.1. The molecule has 0 saturated heterocycles. The second kappa shape index (κ2) is 7.21. The Morgan fingerprint density at radius 1 is 1.14 bits per heavy atom. The number of methoxy groups -OCH3 is 1. The summed E-state index contributed by atoms with van der Waals surface area (Å²) in [5.74, 6) is 0.775. The van der Waals surface area contributed by atoms with Gasteiger partial charge in [-0.3, -0.25) is 4.79 Å². The smallest absolute Gasteiger partial charge is 0.177 e. The van der Waals surface area contributed by atoms with Crippen LogP contribution in [0.25, 0.3) is 0 Å². The van der Waals surface area contributed by atoms with Crippen LogP contribution in [0.4, 0.5) is 0 Å². The fourth-order valence-electron chi connectivity index (χ4n) is 1.82. The highest BCUT2D eigenvalue weighted by atomic mass is 35.5. The Balaban J connectivity index is 2.11. The van der Waals surface area contributed by atoms with Crippen molar-refractivity contribution in [3.63, 3.8) is 0 Å². The van der Waals surface area contributed by atoms with Crippen LogP contribution in [0, 0.1) is 0 Å². The average molecular weight is 341 g/mol. The number of ketones is 1. The first-order chi connectivity index (χ1) is 10.0. The van der Waals surface area contributed by atoms with Crippen molar-refractivity contribution in [1.82, 2.24) is 0 Å². The van der Waals surface area contributed by atoms with Gasteiger partial charge in [-0.2, -0.15) is 0 Å². The molecule has 0 radical (unpaired) electrons. The Morgan fingerprint density at radius 3 is 2.38 bits per heavy atom. The topological polar surface area (TPSA) is 26.3 Å². The first-order valence-corrected chi connectivity index (χ1v) is 7.95. The summed E-state index contributed by atoms with van der Waals surface area (Å²) in [5, 5.41) is 0.666. The molecule has 2 rings (SSSR count). The van der Waals surface area contributed by atoms with E-state index in [4.69, 9.17) is 27.9 Å². The third-order valence-electron chi connectivity index (χ3n) is 2.94. The van der Waals surface area contributed by atoms with E-state index in [1.54, 1.807) is 25.3 Å². The molecule has 0 aliphatic carbocycles. The SMILES string of the molecule is COc1ccc(SC(C)C(=O)c2ccc(Cl)cc2Cl)cc1. The highest BCUT2D eigenvalue weighted by Gasteiger charge is 2.19. The molecule has 110 valence electrons. The van der Waals surface area contributed by atoms with Crippen LogP contribution >= 0.6 is 35.0 Å². The van der Waals surface area contributed by atoms with Gasteiger partial charge < -0.3 is 4.74 Å². The van der Waals surface area contributed by atoms with Crippen LogP contribution in [0.5, 0.6) is 5.75 Å². The summed E-state index contributed by atoms with van der Waals surface area (Å²) in [4.78, 5) is 13.4. The molecule has 0 aromatic heterocycles. The van der Waals surface area contributed by atoms with E-state index in [2.05, 4.69) is 0 Å². The number of ether oxygens (including phenoxy) is 1. The molecule has 0 N–H and O–H groups in total. The van der Waals surface area contributed by atoms with Gasteiger partial charge >= 0.3 is 0 Å². The number of rotatable bonds is 5. The molecule has 1 atom stereocenters. The Hall–Kier alpha value is -1.16. The predicted octanol–water partition coefficient (Wildman–Crippen LogP) is 5.37. The van der Waals surface area contributed by atoms with Crippen molar-refractivity contribution in [3.8, 4) is 5.75 Å². The monoisotopic (exact) mass is 340 g/mol. The zero-order chi connectivity index (χ0) is 15.4. The molecule has 0 aliphatic heterocycles. The molecular weight excluding hydrogens is 327 g/mol. The normalized spacial score (nSPS) is 12.0. The molecule has 2 aromatic carbocycles. The molecule has 0 saturated carbocycles. The summed E-state index contributed by atoms with van der Waals surface area (Å²) in [7, 11) is 1.62. The maximum atomic E-state index is 12.4. The minimum atomic E-state index is -0.239. The standard InChI is InChI=1S/C16H14Cl2O2S/c1-10(21-13-6-4-12(20-2)5-7-13)16(19)14-8-3-11(17)9-15(14)18/h3-10H,1-2H3. The second-order valence-electron chi connectivity index (χ2n) is 4.42. The van der Waals surface area contributed by atoms with Gasteiger partial charge in [0.2, 0.25) is 0 Å². The van der Waals surface area contributed by atoms with E-state index in [1.165, 1.54) is 11.8 Å². The van der Waals surface area contributed by atoms with Crippen LogP contribution in [0.15, 0.2) is 47.4 Å².